The molecule has 0 N–H and O–H groups in total. The molecular weight excluding hydrogens is 176 g/mol. The maximum Gasteiger partial charge on any atom is 0.161 e. The Morgan fingerprint density at radius 1 is 1.00 bits per heavy atom. The van der Waals surface area contributed by atoms with Gasteiger partial charge in [0.25, 0.3) is 0 Å². The maximum absolute atomic E-state index is 11.6. The van der Waals surface area contributed by atoms with Crippen molar-refractivity contribution in [3.63, 3.8) is 0 Å². The van der Waals surface area contributed by atoms with Gasteiger partial charge in [-0.05, 0) is 25.7 Å². The fourth-order valence-electron chi connectivity index (χ4n) is 1.59. The summed E-state index contributed by atoms with van der Waals surface area (Å²) < 4.78 is 5.54. The number of carbonyl (C=O) groups excluding carboxylic acids is 1. The quantitative estimate of drug-likeness (QED) is 0.601. The van der Waals surface area contributed by atoms with Crippen molar-refractivity contribution >= 4 is 5.78 Å². The molecule has 0 aliphatic heterocycles. The first kappa shape index (κ1) is 13.6. The third-order valence-electron chi connectivity index (χ3n) is 2.81. The minimum Gasteiger partial charge on any atom is -0.370 e. The second-order valence-electron chi connectivity index (χ2n) is 3.73. The van der Waals surface area contributed by atoms with Gasteiger partial charge in [0.1, 0.15) is 6.61 Å². The number of hydrogen-bond donors (Lipinski definition) is 0. The van der Waals surface area contributed by atoms with Gasteiger partial charge in [0.05, 0.1) is 6.10 Å². The molecule has 0 spiro atoms. The molecule has 0 saturated heterocycles. The normalized spacial score (nSPS) is 11.3. The van der Waals surface area contributed by atoms with Crippen molar-refractivity contribution in [2.24, 2.45) is 5.92 Å². The SMILES string of the molecule is CCC(CC)OCC(=O)C(CC)CC. The van der Waals surface area contributed by atoms with Crippen LogP contribution in [-0.4, -0.2) is 18.5 Å². The van der Waals surface area contributed by atoms with Gasteiger partial charge >= 0.3 is 0 Å². The van der Waals surface area contributed by atoms with E-state index in [1.807, 2.05) is 0 Å². The Morgan fingerprint density at radius 3 is 1.86 bits per heavy atom. The topological polar surface area (TPSA) is 26.3 Å². The van der Waals surface area contributed by atoms with E-state index in [9.17, 15) is 4.79 Å². The van der Waals surface area contributed by atoms with Crippen LogP contribution in [0.1, 0.15) is 53.4 Å². The van der Waals surface area contributed by atoms with E-state index in [0.29, 0.717) is 6.61 Å². The predicted octanol–water partition coefficient (Wildman–Crippen LogP) is 3.20. The molecule has 0 saturated carbocycles. The predicted molar refractivity (Wildman–Crippen MR) is 59.4 cm³/mol. The Hall–Kier alpha value is -0.370. The largest absolute Gasteiger partial charge is 0.370 e. The van der Waals surface area contributed by atoms with Gasteiger partial charge in [-0.1, -0.05) is 27.7 Å². The van der Waals surface area contributed by atoms with Crippen molar-refractivity contribution < 1.29 is 9.53 Å². The zero-order valence-corrected chi connectivity index (χ0v) is 10.0. The Labute approximate surface area is 88.0 Å². The Morgan fingerprint density at radius 2 is 1.50 bits per heavy atom. The highest BCUT2D eigenvalue weighted by Crippen LogP contribution is 2.10. The molecule has 2 nitrogen and oxygen atoms in total. The van der Waals surface area contributed by atoms with Crippen LogP contribution in [0.15, 0.2) is 0 Å². The summed E-state index contributed by atoms with van der Waals surface area (Å²) in [7, 11) is 0. The van der Waals surface area contributed by atoms with Gasteiger partial charge in [-0.3, -0.25) is 4.79 Å². The summed E-state index contributed by atoms with van der Waals surface area (Å²) in [5, 5.41) is 0. The van der Waals surface area contributed by atoms with Crippen LogP contribution in [0.3, 0.4) is 0 Å². The van der Waals surface area contributed by atoms with Crippen molar-refractivity contribution in [3.05, 3.63) is 0 Å². The van der Waals surface area contributed by atoms with Crippen molar-refractivity contribution in [2.45, 2.75) is 59.5 Å². The summed E-state index contributed by atoms with van der Waals surface area (Å²) in [6, 6.07) is 0. The fourth-order valence-corrected chi connectivity index (χ4v) is 1.59. The average molecular weight is 200 g/mol. The van der Waals surface area contributed by atoms with E-state index in [1.165, 1.54) is 0 Å². The molecule has 0 aliphatic carbocycles. The molecule has 0 bridgehead atoms. The van der Waals surface area contributed by atoms with Crippen LogP contribution in [-0.2, 0) is 9.53 Å². The minimum absolute atomic E-state index is 0.198. The molecule has 0 aromatic heterocycles. The lowest BCUT2D eigenvalue weighted by molar-refractivity contribution is -0.129. The molecule has 0 atom stereocenters. The van der Waals surface area contributed by atoms with Crippen LogP contribution in [0.2, 0.25) is 0 Å². The lowest BCUT2D eigenvalue weighted by Gasteiger charge is -2.16. The standard InChI is InChI=1S/C12H24O2/c1-5-10(6-2)12(13)9-14-11(7-3)8-4/h10-11H,5-9H2,1-4H3. The number of carbonyl (C=O) groups is 1. The van der Waals surface area contributed by atoms with Gasteiger partial charge in [-0.2, -0.15) is 0 Å². The Kier molecular flexibility index (Phi) is 7.77. The molecule has 0 amide bonds. The van der Waals surface area contributed by atoms with Gasteiger partial charge in [0, 0.05) is 5.92 Å². The highest BCUT2D eigenvalue weighted by molar-refractivity contribution is 5.82. The first-order chi connectivity index (χ1) is 6.69. The summed E-state index contributed by atoms with van der Waals surface area (Å²) in [4.78, 5) is 11.6. The number of Topliss-reactive ketones (excluding diaryl/α,β-unsaturated/α-hetero) is 1. The monoisotopic (exact) mass is 200 g/mol. The Bertz CT molecular complexity index is 146. The van der Waals surface area contributed by atoms with Crippen molar-refractivity contribution in [3.8, 4) is 0 Å². The third-order valence-corrected chi connectivity index (χ3v) is 2.81. The van der Waals surface area contributed by atoms with Crippen molar-refractivity contribution in [2.75, 3.05) is 6.61 Å². The smallest absolute Gasteiger partial charge is 0.161 e. The number of ketones is 1. The van der Waals surface area contributed by atoms with Crippen LogP contribution >= 0.6 is 0 Å². The highest BCUT2D eigenvalue weighted by atomic mass is 16.5. The van der Waals surface area contributed by atoms with Gasteiger partial charge in [-0.25, -0.2) is 0 Å². The van der Waals surface area contributed by atoms with Crippen LogP contribution in [0.25, 0.3) is 0 Å². The van der Waals surface area contributed by atoms with Gasteiger partial charge in [-0.15, -0.1) is 0 Å². The molecule has 0 unspecified atom stereocenters. The molecule has 0 rings (SSSR count). The van der Waals surface area contributed by atoms with E-state index in [-0.39, 0.29) is 17.8 Å². The number of hydrogen-bond acceptors (Lipinski definition) is 2. The van der Waals surface area contributed by atoms with Crippen LogP contribution in [0.5, 0.6) is 0 Å². The highest BCUT2D eigenvalue weighted by Gasteiger charge is 2.15. The lowest BCUT2D eigenvalue weighted by atomic mass is 9.99. The van der Waals surface area contributed by atoms with E-state index in [2.05, 4.69) is 27.7 Å². The molecular formula is C12H24O2. The second-order valence-corrected chi connectivity index (χ2v) is 3.73. The van der Waals surface area contributed by atoms with Crippen molar-refractivity contribution in [1.29, 1.82) is 0 Å². The molecule has 2 heteroatoms. The summed E-state index contributed by atoms with van der Waals surface area (Å²) in [6.45, 7) is 8.61. The van der Waals surface area contributed by atoms with Crippen LogP contribution < -0.4 is 0 Å². The molecule has 14 heavy (non-hydrogen) atoms. The molecule has 0 heterocycles. The minimum atomic E-state index is 0.198. The zero-order chi connectivity index (χ0) is 11.0. The zero-order valence-electron chi connectivity index (χ0n) is 10.0. The molecule has 0 fully saturated rings. The van der Waals surface area contributed by atoms with Gasteiger partial charge < -0.3 is 4.74 Å². The number of rotatable bonds is 8. The summed E-state index contributed by atoms with van der Waals surface area (Å²) >= 11 is 0. The average Bonchev–Trinajstić information content (AvgIpc) is 2.21. The first-order valence-corrected chi connectivity index (χ1v) is 5.83. The second kappa shape index (κ2) is 7.98. The Balaban J connectivity index is 3.81. The fraction of sp³-hybridized carbons (Fsp3) is 0.917. The molecule has 0 aromatic rings. The molecule has 84 valence electrons. The number of ether oxygens (including phenoxy) is 1. The molecule has 0 aliphatic rings. The summed E-state index contributed by atoms with van der Waals surface area (Å²) in [5.41, 5.74) is 0. The van der Waals surface area contributed by atoms with Crippen molar-refractivity contribution in [1.82, 2.24) is 0 Å². The van der Waals surface area contributed by atoms with E-state index in [4.69, 9.17) is 4.74 Å². The third kappa shape index (κ3) is 4.75. The van der Waals surface area contributed by atoms with E-state index >= 15 is 0 Å². The van der Waals surface area contributed by atoms with Crippen LogP contribution in [0.4, 0.5) is 0 Å². The molecule has 0 radical (unpaired) electrons. The first-order valence-electron chi connectivity index (χ1n) is 5.83. The van der Waals surface area contributed by atoms with E-state index < -0.39 is 0 Å². The maximum atomic E-state index is 11.6. The van der Waals surface area contributed by atoms with Crippen LogP contribution in [0, 0.1) is 5.92 Å². The van der Waals surface area contributed by atoms with Gasteiger partial charge in [0.15, 0.2) is 5.78 Å². The summed E-state index contributed by atoms with van der Waals surface area (Å²) in [5.74, 6) is 0.464. The summed E-state index contributed by atoms with van der Waals surface area (Å²) in [6.07, 6.45) is 4.11. The van der Waals surface area contributed by atoms with E-state index in [0.717, 1.165) is 25.7 Å². The molecule has 0 aromatic carbocycles. The van der Waals surface area contributed by atoms with E-state index in [1.54, 1.807) is 0 Å². The van der Waals surface area contributed by atoms with Gasteiger partial charge in [0.2, 0.25) is 0 Å². The lowest BCUT2D eigenvalue weighted by Crippen LogP contribution is -2.22.